The third-order valence-corrected chi connectivity index (χ3v) is 4.64. The molecule has 2 aliphatic heterocycles. The minimum atomic E-state index is 0.236. The van der Waals surface area contributed by atoms with Crippen LogP contribution in [0.1, 0.15) is 11.6 Å². The summed E-state index contributed by atoms with van der Waals surface area (Å²) in [5.41, 5.74) is 1.33. The Labute approximate surface area is 132 Å². The van der Waals surface area contributed by atoms with Gasteiger partial charge in [0, 0.05) is 38.8 Å². The predicted octanol–water partition coefficient (Wildman–Crippen LogP) is 0.834. The molecule has 2 saturated heterocycles. The molecular weight excluding hydrogens is 278 g/mol. The summed E-state index contributed by atoms with van der Waals surface area (Å²) in [6, 6.07) is 10.9. The first kappa shape index (κ1) is 15.5. The van der Waals surface area contributed by atoms with Gasteiger partial charge in [0.25, 0.3) is 0 Å². The van der Waals surface area contributed by atoms with Gasteiger partial charge in [0.1, 0.15) is 0 Å². The average Bonchev–Trinajstić information content (AvgIpc) is 2.58. The quantitative estimate of drug-likeness (QED) is 0.829. The number of benzene rings is 1. The van der Waals surface area contributed by atoms with Crippen molar-refractivity contribution in [3.8, 4) is 0 Å². The number of amides is 1. The molecule has 22 heavy (non-hydrogen) atoms. The lowest BCUT2D eigenvalue weighted by Gasteiger charge is -2.40. The van der Waals surface area contributed by atoms with Crippen molar-refractivity contribution in [1.82, 2.24) is 14.7 Å². The number of carbonyl (C=O) groups excluding carboxylic acids is 1. The summed E-state index contributed by atoms with van der Waals surface area (Å²) in [5, 5.41) is 0. The highest BCUT2D eigenvalue weighted by molar-refractivity contribution is 5.78. The first-order chi connectivity index (χ1) is 10.7. The summed E-state index contributed by atoms with van der Waals surface area (Å²) in [7, 11) is 2.17. The van der Waals surface area contributed by atoms with E-state index in [0.29, 0.717) is 25.8 Å². The number of ether oxygens (including phenoxy) is 1. The smallest absolute Gasteiger partial charge is 0.236 e. The highest BCUT2D eigenvalue weighted by atomic mass is 16.5. The second-order valence-corrected chi connectivity index (χ2v) is 6.14. The molecule has 0 unspecified atom stereocenters. The lowest BCUT2D eigenvalue weighted by molar-refractivity contribution is -0.137. The largest absolute Gasteiger partial charge is 0.378 e. The fraction of sp³-hybridized carbons (Fsp3) is 0.588. The SMILES string of the molecule is CN1CCN(CC(=O)N2CCOCC2)C[C@@H]1c1ccccc1. The standard InChI is InChI=1S/C17H25N3O2/c1-18-7-8-19(13-16(18)15-5-3-2-4-6-15)14-17(21)20-9-11-22-12-10-20/h2-6,16H,7-14H2,1H3/t16-/m1/s1. The van der Waals surface area contributed by atoms with Crippen LogP contribution >= 0.6 is 0 Å². The van der Waals surface area contributed by atoms with Crippen molar-refractivity contribution in [3.05, 3.63) is 35.9 Å². The summed E-state index contributed by atoms with van der Waals surface area (Å²) >= 11 is 0. The van der Waals surface area contributed by atoms with Gasteiger partial charge >= 0.3 is 0 Å². The zero-order valence-corrected chi connectivity index (χ0v) is 13.3. The molecule has 5 nitrogen and oxygen atoms in total. The Bertz CT molecular complexity index is 488. The molecule has 1 atom stereocenters. The van der Waals surface area contributed by atoms with Gasteiger partial charge < -0.3 is 9.64 Å². The van der Waals surface area contributed by atoms with E-state index in [4.69, 9.17) is 4.74 Å². The van der Waals surface area contributed by atoms with Crippen molar-refractivity contribution in [2.45, 2.75) is 6.04 Å². The average molecular weight is 303 g/mol. The lowest BCUT2D eigenvalue weighted by atomic mass is 10.0. The molecule has 0 saturated carbocycles. The highest BCUT2D eigenvalue weighted by Crippen LogP contribution is 2.23. The second kappa shape index (κ2) is 7.22. The van der Waals surface area contributed by atoms with Crippen molar-refractivity contribution in [3.63, 3.8) is 0 Å². The number of hydrogen-bond acceptors (Lipinski definition) is 4. The van der Waals surface area contributed by atoms with Gasteiger partial charge in [0.15, 0.2) is 0 Å². The van der Waals surface area contributed by atoms with Gasteiger partial charge in [-0.25, -0.2) is 0 Å². The molecule has 120 valence electrons. The molecule has 2 heterocycles. The van der Waals surface area contributed by atoms with Gasteiger partial charge in [-0.2, -0.15) is 0 Å². The van der Waals surface area contributed by atoms with Crippen molar-refractivity contribution in [1.29, 1.82) is 0 Å². The molecule has 3 rings (SSSR count). The number of carbonyl (C=O) groups is 1. The minimum absolute atomic E-state index is 0.236. The molecular formula is C17H25N3O2. The molecule has 0 aromatic heterocycles. The first-order valence-corrected chi connectivity index (χ1v) is 8.07. The van der Waals surface area contributed by atoms with E-state index in [1.165, 1.54) is 5.56 Å². The molecule has 0 aliphatic carbocycles. The van der Waals surface area contributed by atoms with E-state index in [9.17, 15) is 4.79 Å². The van der Waals surface area contributed by atoms with Crippen LogP contribution in [-0.2, 0) is 9.53 Å². The molecule has 1 amide bonds. The van der Waals surface area contributed by atoms with E-state index in [1.807, 2.05) is 11.0 Å². The Balaban J connectivity index is 1.59. The molecule has 0 bridgehead atoms. The van der Waals surface area contributed by atoms with Gasteiger partial charge in [-0.3, -0.25) is 14.6 Å². The Morgan fingerprint density at radius 2 is 1.86 bits per heavy atom. The van der Waals surface area contributed by atoms with E-state index < -0.39 is 0 Å². The van der Waals surface area contributed by atoms with Crippen molar-refractivity contribution >= 4 is 5.91 Å². The zero-order valence-electron chi connectivity index (χ0n) is 13.3. The summed E-state index contributed by atoms with van der Waals surface area (Å²) in [6.07, 6.45) is 0. The second-order valence-electron chi connectivity index (χ2n) is 6.14. The number of morpholine rings is 1. The predicted molar refractivity (Wildman–Crippen MR) is 85.7 cm³/mol. The van der Waals surface area contributed by atoms with Crippen molar-refractivity contribution in [2.24, 2.45) is 0 Å². The fourth-order valence-corrected chi connectivity index (χ4v) is 3.21. The van der Waals surface area contributed by atoms with Gasteiger partial charge in [-0.15, -0.1) is 0 Å². The summed E-state index contributed by atoms with van der Waals surface area (Å²) in [5.74, 6) is 0.236. The number of rotatable bonds is 3. The normalized spacial score (nSPS) is 24.4. The van der Waals surface area contributed by atoms with Gasteiger partial charge in [0.05, 0.1) is 19.8 Å². The molecule has 1 aromatic rings. The van der Waals surface area contributed by atoms with Crippen LogP contribution in [0.15, 0.2) is 30.3 Å². The topological polar surface area (TPSA) is 36.0 Å². The van der Waals surface area contributed by atoms with Crippen LogP contribution in [0, 0.1) is 0 Å². The van der Waals surface area contributed by atoms with E-state index >= 15 is 0 Å². The Hall–Kier alpha value is -1.43. The van der Waals surface area contributed by atoms with E-state index in [-0.39, 0.29) is 5.91 Å². The minimum Gasteiger partial charge on any atom is -0.378 e. The van der Waals surface area contributed by atoms with Crippen LogP contribution in [0.25, 0.3) is 0 Å². The third-order valence-electron chi connectivity index (χ3n) is 4.64. The van der Waals surface area contributed by atoms with Crippen LogP contribution in [-0.4, -0.2) is 80.1 Å². The maximum atomic E-state index is 12.4. The van der Waals surface area contributed by atoms with Crippen LogP contribution in [0.2, 0.25) is 0 Å². The van der Waals surface area contributed by atoms with Gasteiger partial charge in [-0.05, 0) is 12.6 Å². The maximum Gasteiger partial charge on any atom is 0.236 e. The number of nitrogens with zero attached hydrogens (tertiary/aromatic N) is 3. The van der Waals surface area contributed by atoms with E-state index in [2.05, 4.69) is 41.1 Å². The summed E-state index contributed by atoms with van der Waals surface area (Å²) in [6.45, 7) is 6.19. The van der Waals surface area contributed by atoms with E-state index in [1.54, 1.807) is 0 Å². The molecule has 5 heteroatoms. The van der Waals surface area contributed by atoms with Crippen LogP contribution < -0.4 is 0 Å². The lowest BCUT2D eigenvalue weighted by Crippen LogP contribution is -2.51. The first-order valence-electron chi connectivity index (χ1n) is 8.07. The maximum absolute atomic E-state index is 12.4. The van der Waals surface area contributed by atoms with Gasteiger partial charge in [-0.1, -0.05) is 30.3 Å². The van der Waals surface area contributed by atoms with Gasteiger partial charge in [0.2, 0.25) is 5.91 Å². The molecule has 2 fully saturated rings. The molecule has 2 aliphatic rings. The molecule has 0 N–H and O–H groups in total. The van der Waals surface area contributed by atoms with Crippen LogP contribution in [0.3, 0.4) is 0 Å². The number of piperazine rings is 1. The molecule has 0 radical (unpaired) electrons. The van der Waals surface area contributed by atoms with Crippen LogP contribution in [0.4, 0.5) is 0 Å². The van der Waals surface area contributed by atoms with E-state index in [0.717, 1.165) is 32.7 Å². The zero-order chi connectivity index (χ0) is 15.4. The Kier molecular flexibility index (Phi) is 5.08. The number of likely N-dealkylation sites (N-methyl/N-ethyl adjacent to an activating group) is 1. The van der Waals surface area contributed by atoms with Crippen molar-refractivity contribution in [2.75, 3.05) is 59.5 Å². The van der Waals surface area contributed by atoms with Crippen molar-refractivity contribution < 1.29 is 9.53 Å². The third kappa shape index (κ3) is 3.66. The highest BCUT2D eigenvalue weighted by Gasteiger charge is 2.28. The molecule has 1 aromatic carbocycles. The Morgan fingerprint density at radius 3 is 2.59 bits per heavy atom. The summed E-state index contributed by atoms with van der Waals surface area (Å²) in [4.78, 5) is 19.0. The van der Waals surface area contributed by atoms with Crippen LogP contribution in [0.5, 0.6) is 0 Å². The monoisotopic (exact) mass is 303 g/mol. The Morgan fingerprint density at radius 1 is 1.14 bits per heavy atom. The molecule has 0 spiro atoms. The fourth-order valence-electron chi connectivity index (χ4n) is 3.21. The summed E-state index contributed by atoms with van der Waals surface area (Å²) < 4.78 is 5.31. The number of hydrogen-bond donors (Lipinski definition) is 0.